The number of anilines is 2. The van der Waals surface area contributed by atoms with Crippen molar-refractivity contribution in [3.05, 3.63) is 17.5 Å². The van der Waals surface area contributed by atoms with Gasteiger partial charge in [0.25, 0.3) is 5.91 Å². The van der Waals surface area contributed by atoms with Crippen molar-refractivity contribution in [1.82, 2.24) is 10.3 Å². The molecule has 1 unspecified atom stereocenters. The minimum atomic E-state index is -0.198. The summed E-state index contributed by atoms with van der Waals surface area (Å²) in [5.41, 5.74) is 5.73. The van der Waals surface area contributed by atoms with Gasteiger partial charge in [0.2, 0.25) is 0 Å². The third-order valence-electron chi connectivity index (χ3n) is 2.48. The van der Waals surface area contributed by atoms with Crippen LogP contribution in [0, 0.1) is 0 Å². The number of thiazole rings is 1. The Kier molecular flexibility index (Phi) is 3.33. The first-order valence-corrected chi connectivity index (χ1v) is 6.38. The van der Waals surface area contributed by atoms with Crippen molar-refractivity contribution in [3.63, 3.8) is 0 Å². The molecule has 1 fully saturated rings. The summed E-state index contributed by atoms with van der Waals surface area (Å²) in [6, 6.07) is 0.424. The van der Waals surface area contributed by atoms with Crippen LogP contribution in [0.2, 0.25) is 0 Å². The highest BCUT2D eigenvalue weighted by molar-refractivity contribution is 7.18. The van der Waals surface area contributed by atoms with E-state index in [-0.39, 0.29) is 17.8 Å². The van der Waals surface area contributed by atoms with Gasteiger partial charge in [-0.3, -0.25) is 4.79 Å². The van der Waals surface area contributed by atoms with Crippen molar-refractivity contribution in [2.45, 2.75) is 31.8 Å². The molecule has 2 rings (SSSR count). The highest BCUT2D eigenvalue weighted by Crippen LogP contribution is 2.30. The number of aromatic nitrogens is 1. The monoisotopic (exact) mass is 252 g/mol. The number of carbonyl (C=O) groups excluding carboxylic acids is 1. The van der Waals surface area contributed by atoms with Crippen LogP contribution in [0.3, 0.4) is 0 Å². The molecule has 1 aromatic rings. The Balaban J connectivity index is 2.05. The molecule has 1 aliphatic rings. The third kappa shape index (κ3) is 2.97. The highest BCUT2D eigenvalue weighted by Gasteiger charge is 2.24. The predicted octanol–water partition coefficient (Wildman–Crippen LogP) is 1.60. The van der Waals surface area contributed by atoms with Gasteiger partial charge in [-0.1, -0.05) is 17.4 Å². The van der Waals surface area contributed by atoms with Crippen molar-refractivity contribution in [3.8, 4) is 0 Å². The first kappa shape index (κ1) is 11.9. The number of nitrogens with one attached hydrogen (secondary N) is 2. The maximum absolute atomic E-state index is 11.9. The molecule has 0 aliphatic heterocycles. The van der Waals surface area contributed by atoms with Crippen LogP contribution < -0.4 is 16.4 Å². The number of carbonyl (C=O) groups is 1. The summed E-state index contributed by atoms with van der Waals surface area (Å²) in [5.74, 6) is 0.0863. The molecule has 17 heavy (non-hydrogen) atoms. The molecule has 4 N–H and O–H groups in total. The molecule has 1 saturated carbocycles. The molecule has 1 atom stereocenters. The van der Waals surface area contributed by atoms with E-state index >= 15 is 0 Å². The zero-order valence-electron chi connectivity index (χ0n) is 9.69. The first-order chi connectivity index (χ1) is 8.10. The highest BCUT2D eigenvalue weighted by atomic mass is 32.1. The van der Waals surface area contributed by atoms with Crippen molar-refractivity contribution >= 4 is 28.2 Å². The Morgan fingerprint density at radius 2 is 2.41 bits per heavy atom. The van der Waals surface area contributed by atoms with Gasteiger partial charge in [0, 0.05) is 12.1 Å². The lowest BCUT2D eigenvalue weighted by Crippen LogP contribution is -2.30. The molecule has 5 nitrogen and oxygen atoms in total. The summed E-state index contributed by atoms with van der Waals surface area (Å²) >= 11 is 1.29. The zero-order valence-corrected chi connectivity index (χ0v) is 10.5. The maximum Gasteiger partial charge on any atom is 0.265 e. The summed E-state index contributed by atoms with van der Waals surface area (Å²) in [6.45, 7) is 5.46. The van der Waals surface area contributed by atoms with Gasteiger partial charge in [-0.15, -0.1) is 6.58 Å². The van der Waals surface area contributed by atoms with E-state index in [9.17, 15) is 4.79 Å². The van der Waals surface area contributed by atoms with Gasteiger partial charge >= 0.3 is 0 Å². The maximum atomic E-state index is 11.9. The molecule has 1 amide bonds. The molecule has 0 bridgehead atoms. The quantitative estimate of drug-likeness (QED) is 0.695. The van der Waals surface area contributed by atoms with Crippen molar-refractivity contribution in [1.29, 1.82) is 0 Å². The van der Waals surface area contributed by atoms with Crippen LogP contribution in [0.25, 0.3) is 0 Å². The topological polar surface area (TPSA) is 80.0 Å². The molecule has 1 heterocycles. The van der Waals surface area contributed by atoms with E-state index in [0.717, 1.165) is 18.0 Å². The van der Waals surface area contributed by atoms with Crippen molar-refractivity contribution in [2.75, 3.05) is 11.1 Å². The van der Waals surface area contributed by atoms with Gasteiger partial charge in [-0.05, 0) is 19.8 Å². The average molecular weight is 252 g/mol. The van der Waals surface area contributed by atoms with Gasteiger partial charge in [0.15, 0.2) is 5.13 Å². The lowest BCUT2D eigenvalue weighted by atomic mass is 10.3. The van der Waals surface area contributed by atoms with Gasteiger partial charge in [0.05, 0.1) is 0 Å². The number of amides is 1. The van der Waals surface area contributed by atoms with Gasteiger partial charge in [-0.25, -0.2) is 4.98 Å². The Morgan fingerprint density at radius 1 is 1.71 bits per heavy atom. The summed E-state index contributed by atoms with van der Waals surface area (Å²) in [5, 5.41) is 6.72. The van der Waals surface area contributed by atoms with Crippen molar-refractivity contribution in [2.24, 2.45) is 0 Å². The van der Waals surface area contributed by atoms with Crippen molar-refractivity contribution < 1.29 is 4.79 Å². The fourth-order valence-corrected chi connectivity index (χ4v) is 2.15. The van der Waals surface area contributed by atoms with Crippen LogP contribution in [-0.4, -0.2) is 23.0 Å². The van der Waals surface area contributed by atoms with E-state index in [0.29, 0.717) is 10.9 Å². The van der Waals surface area contributed by atoms with E-state index in [1.165, 1.54) is 11.3 Å². The van der Waals surface area contributed by atoms with Crippen LogP contribution in [0.15, 0.2) is 12.7 Å². The summed E-state index contributed by atoms with van der Waals surface area (Å²) in [7, 11) is 0. The van der Waals surface area contributed by atoms with Crippen LogP contribution in [0.5, 0.6) is 0 Å². The predicted molar refractivity (Wildman–Crippen MR) is 70.3 cm³/mol. The fraction of sp³-hybridized carbons (Fsp3) is 0.455. The summed E-state index contributed by atoms with van der Waals surface area (Å²) in [6.07, 6.45) is 3.99. The Labute approximate surface area is 104 Å². The van der Waals surface area contributed by atoms with E-state index < -0.39 is 0 Å². The van der Waals surface area contributed by atoms with Crippen LogP contribution in [-0.2, 0) is 0 Å². The summed E-state index contributed by atoms with van der Waals surface area (Å²) < 4.78 is 0. The number of nitrogens with two attached hydrogens (primary N) is 1. The lowest BCUT2D eigenvalue weighted by molar-refractivity contribution is 0.0951. The Morgan fingerprint density at radius 3 is 3.00 bits per heavy atom. The van der Waals surface area contributed by atoms with Gasteiger partial charge in [0.1, 0.15) is 10.7 Å². The van der Waals surface area contributed by atoms with Gasteiger partial charge < -0.3 is 16.4 Å². The standard InChI is InChI=1S/C11H16N4OS/c1-3-6(2)13-10(16)8-9(12)15-11(17-8)14-7-4-5-7/h3,6-7H,1,4-5,12H2,2H3,(H,13,16)(H,14,15). The smallest absolute Gasteiger partial charge is 0.265 e. The Hall–Kier alpha value is -1.56. The minimum Gasteiger partial charge on any atom is -0.382 e. The normalized spacial score (nSPS) is 16.3. The number of nitrogen functional groups attached to an aromatic ring is 1. The van der Waals surface area contributed by atoms with Crippen LogP contribution in [0.1, 0.15) is 29.4 Å². The fourth-order valence-electron chi connectivity index (χ4n) is 1.29. The van der Waals surface area contributed by atoms with E-state index in [1.807, 2.05) is 6.92 Å². The molecular formula is C11H16N4OS. The number of nitrogens with zero attached hydrogens (tertiary/aromatic N) is 1. The zero-order chi connectivity index (χ0) is 12.4. The molecule has 1 aliphatic carbocycles. The molecular weight excluding hydrogens is 236 g/mol. The minimum absolute atomic E-state index is 0.0798. The van der Waals surface area contributed by atoms with Crippen LogP contribution >= 0.6 is 11.3 Å². The molecule has 1 aromatic heterocycles. The summed E-state index contributed by atoms with van der Waals surface area (Å²) in [4.78, 5) is 16.5. The largest absolute Gasteiger partial charge is 0.382 e. The molecule has 92 valence electrons. The lowest BCUT2D eigenvalue weighted by Gasteiger charge is -2.07. The Bertz CT molecular complexity index is 439. The molecule has 0 radical (unpaired) electrons. The second-order valence-corrected chi connectivity index (χ2v) is 5.15. The average Bonchev–Trinajstić information content (AvgIpc) is 3.01. The SMILES string of the molecule is C=CC(C)NC(=O)c1sc(NC2CC2)nc1N. The van der Waals surface area contributed by atoms with E-state index in [2.05, 4.69) is 22.2 Å². The third-order valence-corrected chi connectivity index (χ3v) is 3.48. The van der Waals surface area contributed by atoms with Crippen LogP contribution in [0.4, 0.5) is 10.9 Å². The second-order valence-electron chi connectivity index (χ2n) is 4.15. The second kappa shape index (κ2) is 4.75. The number of hydrogen-bond donors (Lipinski definition) is 3. The molecule has 6 heteroatoms. The molecule has 0 saturated heterocycles. The van der Waals surface area contributed by atoms with Gasteiger partial charge in [-0.2, -0.15) is 0 Å². The van der Waals surface area contributed by atoms with E-state index in [4.69, 9.17) is 5.73 Å². The molecule has 0 aromatic carbocycles. The number of hydrogen-bond acceptors (Lipinski definition) is 5. The number of rotatable bonds is 5. The first-order valence-electron chi connectivity index (χ1n) is 5.56. The van der Waals surface area contributed by atoms with E-state index in [1.54, 1.807) is 6.08 Å². The molecule has 0 spiro atoms.